The Hall–Kier alpha value is -3.02. The maximum Gasteiger partial charge on any atom is 0.244 e. The molecule has 0 atom stereocenters. The van der Waals surface area contributed by atoms with Gasteiger partial charge in [-0.05, 0) is 42.0 Å². The first-order valence-corrected chi connectivity index (χ1v) is 9.91. The van der Waals surface area contributed by atoms with Crippen LogP contribution in [-0.4, -0.2) is 19.2 Å². The van der Waals surface area contributed by atoms with E-state index in [4.69, 9.17) is 32.7 Å². The second-order valence-electron chi connectivity index (χ2n) is 6.38. The number of halogens is 2. The van der Waals surface area contributed by atoms with Crippen molar-refractivity contribution in [1.82, 2.24) is 5.43 Å². The predicted octanol–water partition coefficient (Wildman–Crippen LogP) is 5.27. The highest BCUT2D eigenvalue weighted by molar-refractivity contribution is 6.35. The van der Waals surface area contributed by atoms with E-state index in [9.17, 15) is 4.79 Å². The molecular weight excluding hydrogens is 423 g/mol. The minimum Gasteiger partial charge on any atom is -0.497 e. The minimum atomic E-state index is -0.220. The van der Waals surface area contributed by atoms with E-state index in [1.165, 1.54) is 0 Å². The number of nitrogens with zero attached hydrogens (tertiary/aromatic N) is 1. The molecule has 0 unspecified atom stereocenters. The fourth-order valence-electron chi connectivity index (χ4n) is 2.65. The number of nitrogens with one attached hydrogen (secondary N) is 1. The monoisotopic (exact) mass is 442 g/mol. The summed E-state index contributed by atoms with van der Waals surface area (Å²) in [6.07, 6.45) is 1.76. The van der Waals surface area contributed by atoms with Gasteiger partial charge in [-0.3, -0.25) is 4.79 Å². The van der Waals surface area contributed by atoms with Gasteiger partial charge in [0.05, 0.1) is 19.7 Å². The molecule has 5 nitrogen and oxygen atoms in total. The van der Waals surface area contributed by atoms with Gasteiger partial charge in [0.15, 0.2) is 0 Å². The number of ether oxygens (including phenoxy) is 2. The van der Waals surface area contributed by atoms with Crippen molar-refractivity contribution < 1.29 is 14.3 Å². The lowest BCUT2D eigenvalue weighted by Crippen LogP contribution is -2.19. The fourth-order valence-corrected chi connectivity index (χ4v) is 3.12. The summed E-state index contributed by atoms with van der Waals surface area (Å²) in [5, 5.41) is 5.16. The summed E-state index contributed by atoms with van der Waals surface area (Å²) in [6, 6.07) is 20.0. The Morgan fingerprint density at radius 2 is 1.83 bits per heavy atom. The molecule has 3 aromatic rings. The molecule has 0 bridgehead atoms. The molecule has 0 aliphatic rings. The van der Waals surface area contributed by atoms with Crippen molar-refractivity contribution in [2.75, 3.05) is 7.11 Å². The number of rotatable bonds is 8. The highest BCUT2D eigenvalue weighted by Gasteiger charge is 2.06. The summed E-state index contributed by atoms with van der Waals surface area (Å²) in [5.74, 6) is 1.15. The number of hydrogen-bond donors (Lipinski definition) is 1. The molecular formula is C23H20Cl2N2O3. The van der Waals surface area contributed by atoms with Gasteiger partial charge in [-0.2, -0.15) is 5.10 Å². The first-order valence-electron chi connectivity index (χ1n) is 9.16. The van der Waals surface area contributed by atoms with Crippen LogP contribution in [0.3, 0.4) is 0 Å². The fraction of sp³-hybridized carbons (Fsp3) is 0.130. The topological polar surface area (TPSA) is 59.9 Å². The van der Waals surface area contributed by atoms with Crippen LogP contribution >= 0.6 is 23.2 Å². The van der Waals surface area contributed by atoms with Crippen molar-refractivity contribution in [3.05, 3.63) is 93.5 Å². The molecule has 7 heteroatoms. The zero-order valence-electron chi connectivity index (χ0n) is 16.3. The highest BCUT2D eigenvalue weighted by atomic mass is 35.5. The molecule has 0 saturated carbocycles. The smallest absolute Gasteiger partial charge is 0.244 e. The number of amides is 1. The molecule has 0 aromatic heterocycles. The Labute approximate surface area is 185 Å². The van der Waals surface area contributed by atoms with Gasteiger partial charge in [0.25, 0.3) is 0 Å². The van der Waals surface area contributed by atoms with Gasteiger partial charge in [-0.15, -0.1) is 0 Å². The predicted molar refractivity (Wildman–Crippen MR) is 120 cm³/mol. The van der Waals surface area contributed by atoms with Gasteiger partial charge < -0.3 is 9.47 Å². The molecule has 0 saturated heterocycles. The van der Waals surface area contributed by atoms with E-state index in [-0.39, 0.29) is 18.9 Å². The van der Waals surface area contributed by atoms with Crippen LogP contribution in [0.5, 0.6) is 11.5 Å². The first-order chi connectivity index (χ1) is 14.5. The van der Waals surface area contributed by atoms with Gasteiger partial charge in [-0.1, -0.05) is 53.5 Å². The van der Waals surface area contributed by atoms with E-state index >= 15 is 0 Å². The number of carbonyl (C=O) groups excluding carboxylic acids is 1. The molecule has 30 heavy (non-hydrogen) atoms. The molecule has 0 fully saturated rings. The van der Waals surface area contributed by atoms with Gasteiger partial charge in [0.2, 0.25) is 5.91 Å². The van der Waals surface area contributed by atoms with Crippen LogP contribution in [0.2, 0.25) is 10.0 Å². The summed E-state index contributed by atoms with van der Waals surface area (Å²) < 4.78 is 11.0. The molecule has 1 amide bonds. The van der Waals surface area contributed by atoms with Crippen LogP contribution in [0.1, 0.15) is 16.7 Å². The maximum absolute atomic E-state index is 12.1. The Balaban J connectivity index is 1.58. The molecule has 3 aromatic carbocycles. The minimum absolute atomic E-state index is 0.217. The summed E-state index contributed by atoms with van der Waals surface area (Å²) >= 11 is 12.1. The zero-order valence-corrected chi connectivity index (χ0v) is 17.8. The third kappa shape index (κ3) is 6.24. The quantitative estimate of drug-likeness (QED) is 0.381. The molecule has 0 spiro atoms. The van der Waals surface area contributed by atoms with E-state index in [1.54, 1.807) is 25.5 Å². The molecule has 0 heterocycles. The van der Waals surface area contributed by atoms with Crippen molar-refractivity contribution in [3.8, 4) is 11.5 Å². The van der Waals surface area contributed by atoms with Crippen LogP contribution in [0, 0.1) is 0 Å². The number of carbonyl (C=O) groups is 1. The average Bonchev–Trinajstić information content (AvgIpc) is 2.74. The Kier molecular flexibility index (Phi) is 7.71. The van der Waals surface area contributed by atoms with E-state index in [0.29, 0.717) is 15.8 Å². The molecule has 0 aliphatic carbocycles. The van der Waals surface area contributed by atoms with Crippen molar-refractivity contribution in [1.29, 1.82) is 0 Å². The Morgan fingerprint density at radius 1 is 1.07 bits per heavy atom. The Morgan fingerprint density at radius 3 is 2.57 bits per heavy atom. The van der Waals surface area contributed by atoms with Crippen molar-refractivity contribution in [2.24, 2.45) is 5.10 Å². The number of para-hydroxylation sites is 1. The lowest BCUT2D eigenvalue weighted by molar-refractivity contribution is -0.120. The van der Waals surface area contributed by atoms with Crippen molar-refractivity contribution in [3.63, 3.8) is 0 Å². The third-order valence-electron chi connectivity index (χ3n) is 4.23. The van der Waals surface area contributed by atoms with Crippen LogP contribution in [0.25, 0.3) is 0 Å². The average molecular weight is 443 g/mol. The van der Waals surface area contributed by atoms with Crippen LogP contribution < -0.4 is 14.9 Å². The molecule has 0 radical (unpaired) electrons. The van der Waals surface area contributed by atoms with Crippen molar-refractivity contribution >= 4 is 35.3 Å². The van der Waals surface area contributed by atoms with Crippen molar-refractivity contribution in [2.45, 2.75) is 13.0 Å². The summed E-state index contributed by atoms with van der Waals surface area (Å²) in [4.78, 5) is 12.1. The molecule has 3 rings (SSSR count). The molecule has 154 valence electrons. The first kappa shape index (κ1) is 21.7. The lowest BCUT2D eigenvalue weighted by atomic mass is 10.1. The van der Waals surface area contributed by atoms with Gasteiger partial charge >= 0.3 is 0 Å². The Bertz CT molecular complexity index is 1040. The standard InChI is InChI=1S/C23H20Cl2N2O3/c1-29-20-10-6-16(7-11-20)12-23(28)27-26-14-17-4-2-3-5-22(17)30-15-18-8-9-19(24)13-21(18)25/h2-11,13-14H,12,15H2,1H3,(H,27,28)/b26-14-. The second kappa shape index (κ2) is 10.7. The largest absolute Gasteiger partial charge is 0.497 e. The summed E-state index contributed by atoms with van der Waals surface area (Å²) in [6.45, 7) is 0.282. The van der Waals surface area contributed by atoms with Crippen LogP contribution in [-0.2, 0) is 17.8 Å². The number of hydrogen-bond acceptors (Lipinski definition) is 4. The number of benzene rings is 3. The van der Waals surface area contributed by atoms with E-state index in [1.807, 2.05) is 54.6 Å². The normalized spacial score (nSPS) is 10.8. The van der Waals surface area contributed by atoms with Gasteiger partial charge in [-0.25, -0.2) is 5.43 Å². The summed E-state index contributed by atoms with van der Waals surface area (Å²) in [5.41, 5.74) is 4.95. The lowest BCUT2D eigenvalue weighted by Gasteiger charge is -2.10. The number of hydrazone groups is 1. The number of methoxy groups -OCH3 is 1. The van der Waals surface area contributed by atoms with Gasteiger partial charge in [0, 0.05) is 21.2 Å². The summed E-state index contributed by atoms with van der Waals surface area (Å²) in [7, 11) is 1.60. The van der Waals surface area contributed by atoms with Crippen LogP contribution in [0.15, 0.2) is 71.8 Å². The van der Waals surface area contributed by atoms with Gasteiger partial charge in [0.1, 0.15) is 18.1 Å². The van der Waals surface area contributed by atoms with Crippen LogP contribution in [0.4, 0.5) is 0 Å². The van der Waals surface area contributed by atoms with E-state index < -0.39 is 0 Å². The SMILES string of the molecule is COc1ccc(CC(=O)N/N=C\c2ccccc2OCc2ccc(Cl)cc2Cl)cc1. The second-order valence-corrected chi connectivity index (χ2v) is 7.22. The maximum atomic E-state index is 12.1. The molecule has 0 aliphatic heterocycles. The highest BCUT2D eigenvalue weighted by Crippen LogP contribution is 2.24. The zero-order chi connectivity index (χ0) is 21.3. The van der Waals surface area contributed by atoms with E-state index in [2.05, 4.69) is 10.5 Å². The van der Waals surface area contributed by atoms with E-state index in [0.717, 1.165) is 22.4 Å². The third-order valence-corrected chi connectivity index (χ3v) is 4.82. The molecule has 1 N–H and O–H groups in total.